The molecule has 0 bridgehead atoms. The summed E-state index contributed by atoms with van der Waals surface area (Å²) in [6.07, 6.45) is 13.6. The molecular weight excluding hydrogens is 414 g/mol. The summed E-state index contributed by atoms with van der Waals surface area (Å²) in [7, 11) is 0. The Hall–Kier alpha value is -3.13. The Balaban J connectivity index is 1.28. The molecule has 2 aliphatic rings. The number of imidazole rings is 1. The highest BCUT2D eigenvalue weighted by molar-refractivity contribution is 5.94. The molecule has 8 nitrogen and oxygen atoms in total. The van der Waals surface area contributed by atoms with Crippen molar-refractivity contribution >= 4 is 28.7 Å². The van der Waals surface area contributed by atoms with E-state index in [0.717, 1.165) is 61.4 Å². The highest BCUT2D eigenvalue weighted by Crippen LogP contribution is 2.26. The zero-order chi connectivity index (χ0) is 22.6. The molecule has 2 aliphatic carbocycles. The van der Waals surface area contributed by atoms with E-state index < -0.39 is 0 Å². The molecule has 5 N–H and O–H groups in total. The third-order valence-corrected chi connectivity index (χ3v) is 6.85. The molecule has 0 unspecified atom stereocenters. The molecule has 0 spiro atoms. The molecular formula is C25H33N7O. The smallest absolute Gasteiger partial charge is 0.251 e. The highest BCUT2D eigenvalue weighted by atomic mass is 16.1. The van der Waals surface area contributed by atoms with E-state index in [2.05, 4.69) is 26.0 Å². The largest absolute Gasteiger partial charge is 0.366 e. The van der Waals surface area contributed by atoms with Gasteiger partial charge in [-0.15, -0.1) is 5.10 Å². The van der Waals surface area contributed by atoms with Crippen LogP contribution in [0.1, 0.15) is 68.1 Å². The van der Waals surface area contributed by atoms with Gasteiger partial charge in [0.05, 0.1) is 5.69 Å². The van der Waals surface area contributed by atoms with Crippen LogP contribution in [0.2, 0.25) is 0 Å². The molecule has 0 radical (unpaired) electrons. The molecule has 1 aromatic carbocycles. The lowest BCUT2D eigenvalue weighted by atomic mass is 9.92. The number of nitrogens with zero attached hydrogens (tertiary/aromatic N) is 3. The fourth-order valence-corrected chi connectivity index (χ4v) is 4.93. The van der Waals surface area contributed by atoms with E-state index in [1.165, 1.54) is 19.3 Å². The van der Waals surface area contributed by atoms with Crippen molar-refractivity contribution in [3.05, 3.63) is 48.3 Å². The fraction of sp³-hybridized carbons (Fsp3) is 0.480. The van der Waals surface area contributed by atoms with Crippen LogP contribution in [0.4, 0.5) is 17.2 Å². The molecule has 33 heavy (non-hydrogen) atoms. The van der Waals surface area contributed by atoms with Gasteiger partial charge < -0.3 is 21.7 Å². The van der Waals surface area contributed by atoms with E-state index in [1.54, 1.807) is 10.7 Å². The highest BCUT2D eigenvalue weighted by Gasteiger charge is 2.20. The molecule has 2 aromatic heterocycles. The summed E-state index contributed by atoms with van der Waals surface area (Å²) in [5.74, 6) is 0.818. The second kappa shape index (κ2) is 9.79. The van der Waals surface area contributed by atoms with Gasteiger partial charge in [0.25, 0.3) is 5.91 Å². The Morgan fingerprint density at radius 1 is 0.970 bits per heavy atom. The summed E-state index contributed by atoms with van der Waals surface area (Å²) in [6, 6.07) is 10.6. The first kappa shape index (κ1) is 21.7. The van der Waals surface area contributed by atoms with Crippen LogP contribution >= 0.6 is 0 Å². The van der Waals surface area contributed by atoms with Crippen LogP contribution in [-0.2, 0) is 0 Å². The number of carbonyl (C=O) groups excluding carboxylic acids is 1. The standard InChI is InChI=1S/C25H33N7O/c26-18-8-12-21(13-9-18)29-23-16-22(24-27-14-15-32(24)31-23)28-20-10-6-17(7-11-20)25(33)30-19-4-2-1-3-5-19/h6-7,10-11,14-16,18-19,21,28H,1-5,8-9,12-13,26H2,(H,29,31)(H,30,33). The summed E-state index contributed by atoms with van der Waals surface area (Å²) in [4.78, 5) is 17.1. The van der Waals surface area contributed by atoms with Gasteiger partial charge in [-0.05, 0) is 62.8 Å². The molecule has 1 amide bonds. The number of amides is 1. The number of hydrogen-bond donors (Lipinski definition) is 4. The summed E-state index contributed by atoms with van der Waals surface area (Å²) < 4.78 is 1.78. The monoisotopic (exact) mass is 447 g/mol. The van der Waals surface area contributed by atoms with E-state index in [0.29, 0.717) is 23.7 Å². The zero-order valence-electron chi connectivity index (χ0n) is 19.0. The lowest BCUT2D eigenvalue weighted by Gasteiger charge is -2.27. The van der Waals surface area contributed by atoms with Crippen molar-refractivity contribution in [2.24, 2.45) is 5.73 Å². The van der Waals surface area contributed by atoms with Crippen molar-refractivity contribution in [3.63, 3.8) is 0 Å². The number of aromatic nitrogens is 3. The van der Waals surface area contributed by atoms with Gasteiger partial charge in [-0.3, -0.25) is 4.79 Å². The Kier molecular flexibility index (Phi) is 6.44. The molecule has 2 fully saturated rings. The predicted octanol–water partition coefficient (Wildman–Crippen LogP) is 4.22. The van der Waals surface area contributed by atoms with E-state index >= 15 is 0 Å². The first-order valence-electron chi connectivity index (χ1n) is 12.2. The number of nitrogens with two attached hydrogens (primary N) is 1. The fourth-order valence-electron chi connectivity index (χ4n) is 4.93. The molecule has 8 heteroatoms. The lowest BCUT2D eigenvalue weighted by Crippen LogP contribution is -2.36. The average Bonchev–Trinajstić information content (AvgIpc) is 3.31. The second-order valence-corrected chi connectivity index (χ2v) is 9.41. The Labute approximate surface area is 194 Å². The molecule has 2 heterocycles. The number of benzene rings is 1. The van der Waals surface area contributed by atoms with Crippen LogP contribution < -0.4 is 21.7 Å². The average molecular weight is 448 g/mol. The molecule has 5 rings (SSSR count). The summed E-state index contributed by atoms with van der Waals surface area (Å²) >= 11 is 0. The molecule has 3 aromatic rings. The maximum Gasteiger partial charge on any atom is 0.251 e. The van der Waals surface area contributed by atoms with Gasteiger partial charge in [-0.25, -0.2) is 9.50 Å². The summed E-state index contributed by atoms with van der Waals surface area (Å²) in [6.45, 7) is 0. The third-order valence-electron chi connectivity index (χ3n) is 6.85. The van der Waals surface area contributed by atoms with Crippen LogP contribution in [-0.4, -0.2) is 38.6 Å². The molecule has 2 saturated carbocycles. The van der Waals surface area contributed by atoms with Crippen LogP contribution in [0.15, 0.2) is 42.7 Å². The van der Waals surface area contributed by atoms with Crippen molar-refractivity contribution in [2.75, 3.05) is 10.6 Å². The maximum absolute atomic E-state index is 12.6. The number of hydrogen-bond acceptors (Lipinski definition) is 6. The molecule has 0 saturated heterocycles. The number of nitrogens with one attached hydrogen (secondary N) is 3. The minimum atomic E-state index is 0.00620. The quantitative estimate of drug-likeness (QED) is 0.450. The number of carbonyl (C=O) groups is 1. The first-order valence-corrected chi connectivity index (χ1v) is 12.2. The van der Waals surface area contributed by atoms with Gasteiger partial charge in [0.2, 0.25) is 0 Å². The van der Waals surface area contributed by atoms with Gasteiger partial charge in [0, 0.05) is 47.8 Å². The second-order valence-electron chi connectivity index (χ2n) is 9.41. The first-order chi connectivity index (χ1) is 16.1. The van der Waals surface area contributed by atoms with Crippen molar-refractivity contribution in [1.82, 2.24) is 19.9 Å². The van der Waals surface area contributed by atoms with Crippen LogP contribution in [0.25, 0.3) is 5.65 Å². The van der Waals surface area contributed by atoms with Crippen molar-refractivity contribution < 1.29 is 4.79 Å². The van der Waals surface area contributed by atoms with Crippen molar-refractivity contribution in [3.8, 4) is 0 Å². The maximum atomic E-state index is 12.6. The third kappa shape index (κ3) is 5.27. The van der Waals surface area contributed by atoms with Crippen LogP contribution in [0, 0.1) is 0 Å². The topological polar surface area (TPSA) is 109 Å². The SMILES string of the molecule is NC1CCC(Nc2cc(Nc3ccc(C(=O)NC4CCCCC4)cc3)c3nccn3n2)CC1. The summed E-state index contributed by atoms with van der Waals surface area (Å²) in [5, 5.41) is 14.9. The summed E-state index contributed by atoms with van der Waals surface area (Å²) in [5.41, 5.74) is 9.25. The van der Waals surface area contributed by atoms with Crippen molar-refractivity contribution in [1.29, 1.82) is 0 Å². The minimum Gasteiger partial charge on any atom is -0.366 e. The Morgan fingerprint density at radius 2 is 1.73 bits per heavy atom. The van der Waals surface area contributed by atoms with Gasteiger partial charge in [0.15, 0.2) is 5.65 Å². The van der Waals surface area contributed by atoms with Gasteiger partial charge in [-0.2, -0.15) is 0 Å². The van der Waals surface area contributed by atoms with Crippen LogP contribution in [0.3, 0.4) is 0 Å². The van der Waals surface area contributed by atoms with Crippen molar-refractivity contribution in [2.45, 2.75) is 75.9 Å². The normalized spacial score (nSPS) is 21.6. The van der Waals surface area contributed by atoms with E-state index in [9.17, 15) is 4.79 Å². The Bertz CT molecular complexity index is 1080. The van der Waals surface area contributed by atoms with Gasteiger partial charge in [0.1, 0.15) is 5.82 Å². The van der Waals surface area contributed by atoms with Gasteiger partial charge >= 0.3 is 0 Å². The van der Waals surface area contributed by atoms with Gasteiger partial charge in [-0.1, -0.05) is 19.3 Å². The van der Waals surface area contributed by atoms with E-state index in [1.807, 2.05) is 36.5 Å². The number of rotatable bonds is 6. The Morgan fingerprint density at radius 3 is 2.48 bits per heavy atom. The molecule has 174 valence electrons. The number of anilines is 3. The number of fused-ring (bicyclic) bond motifs is 1. The predicted molar refractivity (Wildman–Crippen MR) is 131 cm³/mol. The molecule has 0 aliphatic heterocycles. The van der Waals surface area contributed by atoms with Crippen LogP contribution in [0.5, 0.6) is 0 Å². The van der Waals surface area contributed by atoms with E-state index in [4.69, 9.17) is 5.73 Å². The minimum absolute atomic E-state index is 0.00620. The van der Waals surface area contributed by atoms with E-state index in [-0.39, 0.29) is 5.91 Å². The zero-order valence-corrected chi connectivity index (χ0v) is 19.0. The lowest BCUT2D eigenvalue weighted by molar-refractivity contribution is 0.0927. The molecule has 0 atom stereocenters.